The predicted molar refractivity (Wildman–Crippen MR) is 92.5 cm³/mol. The van der Waals surface area contributed by atoms with Crippen LogP contribution in [0.15, 0.2) is 0 Å². The zero-order chi connectivity index (χ0) is 16.1. The van der Waals surface area contributed by atoms with Crippen molar-refractivity contribution in [3.63, 3.8) is 0 Å². The zero-order valence-corrected chi connectivity index (χ0v) is 16.3. The van der Waals surface area contributed by atoms with Crippen molar-refractivity contribution < 1.29 is 10.2 Å². The Bertz CT molecular complexity index is 340. The Kier molecular flexibility index (Phi) is 5.83. The lowest BCUT2D eigenvalue weighted by Gasteiger charge is -2.50. The third-order valence-corrected chi connectivity index (χ3v) is 6.10. The van der Waals surface area contributed by atoms with E-state index in [1.165, 1.54) is 0 Å². The molecule has 0 aromatic carbocycles. The normalized spacial score (nSPS) is 32.7. The van der Waals surface area contributed by atoms with Crippen LogP contribution in [0.2, 0.25) is 0 Å². The topological polar surface area (TPSA) is 40.7 Å². The van der Waals surface area contributed by atoms with Gasteiger partial charge in [0.1, 0.15) is 0 Å². The molecule has 0 spiro atoms. The molecular formula is C19H40O2. The summed E-state index contributed by atoms with van der Waals surface area (Å²) in [6.07, 6.45) is 0.360. The van der Waals surface area contributed by atoms with E-state index in [1.807, 2.05) is 0 Å². The van der Waals surface area contributed by atoms with Crippen LogP contribution < -0.4 is 0 Å². The Hall–Kier alpha value is -0.0800. The van der Waals surface area contributed by atoms with Gasteiger partial charge < -0.3 is 10.2 Å². The molecule has 4 atom stereocenters. The van der Waals surface area contributed by atoms with Gasteiger partial charge >= 0.3 is 0 Å². The summed E-state index contributed by atoms with van der Waals surface area (Å²) in [5, 5.41) is 0. The van der Waals surface area contributed by atoms with Crippen LogP contribution in [0.3, 0.4) is 0 Å². The second kappa shape index (κ2) is 5.85. The third kappa shape index (κ3) is 3.82. The maximum atomic E-state index is 6.42. The minimum Gasteiger partial charge on any atom is -0.412 e. The van der Waals surface area contributed by atoms with Crippen molar-refractivity contribution in [3.05, 3.63) is 0 Å². The molecule has 1 rings (SSSR count). The third-order valence-electron chi connectivity index (χ3n) is 6.10. The minimum absolute atomic E-state index is 0. The van der Waals surface area contributed by atoms with Crippen molar-refractivity contribution >= 4 is 0 Å². The fraction of sp³-hybridized carbons (Fsp3) is 1.00. The SMILES string of the molecule is C[C@H](C1OC[C@@](C)(C(C)(C)C)[C@@H]1C(C)(C)C)C(C)(C)C.O. The lowest BCUT2D eigenvalue weighted by atomic mass is 9.53. The van der Waals surface area contributed by atoms with E-state index in [4.69, 9.17) is 4.74 Å². The molecule has 0 aliphatic carbocycles. The maximum absolute atomic E-state index is 6.42. The maximum Gasteiger partial charge on any atom is 0.0645 e. The van der Waals surface area contributed by atoms with Crippen LogP contribution in [-0.2, 0) is 4.74 Å². The van der Waals surface area contributed by atoms with Crippen molar-refractivity contribution in [2.75, 3.05) is 6.61 Å². The molecule has 1 fully saturated rings. The number of hydrogen-bond donors (Lipinski definition) is 0. The van der Waals surface area contributed by atoms with Crippen molar-refractivity contribution in [2.24, 2.45) is 33.5 Å². The van der Waals surface area contributed by atoms with Gasteiger partial charge in [-0.2, -0.15) is 0 Å². The standard InChI is InChI=1S/C19H38O.H2O/c1-13(16(2,3)4)14-15(17(5,6)7)19(11,12-20-14)18(8,9)10;/h13-15H,12H2,1-11H3;1H2/t13-,14?,15+,19-;/m1./s1. The Labute approximate surface area is 133 Å². The fourth-order valence-electron chi connectivity index (χ4n) is 3.88. The van der Waals surface area contributed by atoms with Crippen LogP contribution in [0.25, 0.3) is 0 Å². The fourth-order valence-corrected chi connectivity index (χ4v) is 3.88. The second-order valence-electron chi connectivity index (χ2n) is 10.4. The van der Waals surface area contributed by atoms with Crippen molar-refractivity contribution in [1.82, 2.24) is 0 Å². The summed E-state index contributed by atoms with van der Waals surface area (Å²) in [6, 6.07) is 0. The summed E-state index contributed by atoms with van der Waals surface area (Å²) < 4.78 is 6.42. The van der Waals surface area contributed by atoms with Gasteiger partial charge in [-0.05, 0) is 28.1 Å². The van der Waals surface area contributed by atoms with Crippen LogP contribution in [0.1, 0.15) is 76.2 Å². The first-order valence-corrected chi connectivity index (χ1v) is 8.24. The van der Waals surface area contributed by atoms with Gasteiger partial charge in [0.15, 0.2) is 0 Å². The summed E-state index contributed by atoms with van der Waals surface area (Å²) in [5.74, 6) is 1.15. The highest BCUT2D eigenvalue weighted by Crippen LogP contribution is 2.59. The lowest BCUT2D eigenvalue weighted by molar-refractivity contribution is -0.0322. The molecule has 2 heteroatoms. The van der Waals surface area contributed by atoms with Crippen LogP contribution >= 0.6 is 0 Å². The van der Waals surface area contributed by atoms with Crippen molar-refractivity contribution in [2.45, 2.75) is 82.3 Å². The highest BCUT2D eigenvalue weighted by Gasteiger charge is 2.58. The molecule has 0 aromatic rings. The molecule has 0 bridgehead atoms. The molecular weight excluding hydrogens is 260 g/mol. The number of rotatable bonds is 1. The Morgan fingerprint density at radius 3 is 1.67 bits per heavy atom. The van der Waals surface area contributed by atoms with E-state index in [0.29, 0.717) is 17.9 Å². The highest BCUT2D eigenvalue weighted by molar-refractivity contribution is 5.05. The largest absolute Gasteiger partial charge is 0.412 e. The summed E-state index contributed by atoms with van der Waals surface area (Å²) in [7, 11) is 0. The van der Waals surface area contributed by atoms with Crippen LogP contribution in [0, 0.1) is 33.5 Å². The Morgan fingerprint density at radius 1 is 0.952 bits per heavy atom. The number of hydrogen-bond acceptors (Lipinski definition) is 1. The van der Waals surface area contributed by atoms with Gasteiger partial charge in [0, 0.05) is 5.41 Å². The van der Waals surface area contributed by atoms with Gasteiger partial charge in [-0.25, -0.2) is 0 Å². The van der Waals surface area contributed by atoms with Gasteiger partial charge in [-0.3, -0.25) is 0 Å². The van der Waals surface area contributed by atoms with E-state index in [9.17, 15) is 0 Å². The molecule has 21 heavy (non-hydrogen) atoms. The average molecular weight is 301 g/mol. The minimum atomic E-state index is 0. The zero-order valence-electron chi connectivity index (χ0n) is 16.3. The molecule has 1 saturated heterocycles. The lowest BCUT2D eigenvalue weighted by Crippen LogP contribution is -2.49. The molecule has 2 N–H and O–H groups in total. The van der Waals surface area contributed by atoms with Gasteiger partial charge in [-0.1, -0.05) is 76.2 Å². The monoisotopic (exact) mass is 300 g/mol. The summed E-state index contributed by atoms with van der Waals surface area (Å²) >= 11 is 0. The van der Waals surface area contributed by atoms with E-state index >= 15 is 0 Å². The summed E-state index contributed by atoms with van der Waals surface area (Å²) in [6.45, 7) is 27.0. The molecule has 1 aliphatic heterocycles. The average Bonchev–Trinajstić information content (AvgIpc) is 2.53. The molecule has 0 amide bonds. The molecule has 0 radical (unpaired) electrons. The smallest absolute Gasteiger partial charge is 0.0645 e. The Balaban J connectivity index is 0.00000400. The molecule has 1 heterocycles. The van der Waals surface area contributed by atoms with Crippen LogP contribution in [0.4, 0.5) is 0 Å². The number of ether oxygens (including phenoxy) is 1. The van der Waals surface area contributed by atoms with Crippen LogP contribution in [0.5, 0.6) is 0 Å². The first kappa shape index (κ1) is 20.9. The first-order chi connectivity index (χ1) is 8.62. The van der Waals surface area contributed by atoms with E-state index in [0.717, 1.165) is 6.61 Å². The first-order valence-electron chi connectivity index (χ1n) is 8.24. The molecule has 128 valence electrons. The second-order valence-corrected chi connectivity index (χ2v) is 10.4. The molecule has 0 aromatic heterocycles. The van der Waals surface area contributed by atoms with Gasteiger partial charge in [-0.15, -0.1) is 0 Å². The molecule has 0 saturated carbocycles. The molecule has 1 unspecified atom stereocenters. The highest BCUT2D eigenvalue weighted by atomic mass is 16.5. The summed E-state index contributed by atoms with van der Waals surface area (Å²) in [4.78, 5) is 0. The quantitative estimate of drug-likeness (QED) is 0.675. The van der Waals surface area contributed by atoms with Crippen molar-refractivity contribution in [3.8, 4) is 0 Å². The predicted octanol–water partition coefficient (Wildman–Crippen LogP) is 4.96. The van der Waals surface area contributed by atoms with E-state index in [2.05, 4.69) is 76.2 Å². The van der Waals surface area contributed by atoms with E-state index < -0.39 is 0 Å². The molecule has 1 aliphatic rings. The van der Waals surface area contributed by atoms with Crippen LogP contribution in [-0.4, -0.2) is 18.2 Å². The summed E-state index contributed by atoms with van der Waals surface area (Å²) in [5.41, 5.74) is 1.05. The van der Waals surface area contributed by atoms with E-state index in [-0.39, 0.29) is 27.1 Å². The van der Waals surface area contributed by atoms with Gasteiger partial charge in [0.25, 0.3) is 0 Å². The van der Waals surface area contributed by atoms with E-state index in [1.54, 1.807) is 0 Å². The van der Waals surface area contributed by atoms with Gasteiger partial charge in [0.05, 0.1) is 12.7 Å². The van der Waals surface area contributed by atoms with Gasteiger partial charge in [0.2, 0.25) is 0 Å². The Morgan fingerprint density at radius 2 is 1.38 bits per heavy atom. The molecule has 2 nitrogen and oxygen atoms in total. The van der Waals surface area contributed by atoms with Crippen molar-refractivity contribution in [1.29, 1.82) is 0 Å².